The van der Waals surface area contributed by atoms with Crippen LogP contribution in [-0.4, -0.2) is 48.6 Å². The standard InChI is InChI=1S/C14H25N3O2/c1-13(2,3)19-12(18)17-8-7-15-11(9-17)16-10-14(4)5-6-14/h5-10H2,1-4H3,(H,15,16). The Kier molecular flexibility index (Phi) is 3.74. The molecule has 1 amide bonds. The van der Waals surface area contributed by atoms with Gasteiger partial charge in [0.2, 0.25) is 0 Å². The van der Waals surface area contributed by atoms with E-state index in [0.29, 0.717) is 25.0 Å². The van der Waals surface area contributed by atoms with E-state index >= 15 is 0 Å². The van der Waals surface area contributed by atoms with Crippen molar-refractivity contribution in [1.82, 2.24) is 10.2 Å². The van der Waals surface area contributed by atoms with E-state index in [2.05, 4.69) is 17.2 Å². The van der Waals surface area contributed by atoms with Crippen LogP contribution in [0.3, 0.4) is 0 Å². The Morgan fingerprint density at radius 3 is 2.74 bits per heavy atom. The molecule has 0 saturated heterocycles. The number of amides is 1. The molecule has 0 unspecified atom stereocenters. The smallest absolute Gasteiger partial charge is 0.410 e. The van der Waals surface area contributed by atoms with Gasteiger partial charge in [0.15, 0.2) is 0 Å². The third kappa shape index (κ3) is 4.40. The van der Waals surface area contributed by atoms with Gasteiger partial charge in [-0.05, 0) is 39.0 Å². The highest BCUT2D eigenvalue weighted by Gasteiger charge is 2.37. The van der Waals surface area contributed by atoms with E-state index < -0.39 is 5.60 Å². The minimum absolute atomic E-state index is 0.251. The molecule has 0 aromatic heterocycles. The molecule has 0 aromatic rings. The number of rotatable bonds is 2. The SMILES string of the molecule is CC1(CNC2=NCCN(C(=O)OC(C)(C)C)C2)CC1. The Bertz CT molecular complexity index is 381. The molecule has 5 nitrogen and oxygen atoms in total. The second-order valence-corrected chi connectivity index (χ2v) is 6.89. The van der Waals surface area contributed by atoms with Crippen LogP contribution in [0.2, 0.25) is 0 Å². The number of nitrogens with zero attached hydrogens (tertiary/aromatic N) is 2. The van der Waals surface area contributed by atoms with E-state index in [1.54, 1.807) is 4.90 Å². The monoisotopic (exact) mass is 267 g/mol. The first-order valence-electron chi connectivity index (χ1n) is 7.03. The molecular formula is C14H25N3O2. The number of nitrogens with one attached hydrogen (secondary N) is 1. The van der Waals surface area contributed by atoms with Crippen molar-refractivity contribution in [2.24, 2.45) is 10.4 Å². The number of ether oxygens (including phenoxy) is 1. The highest BCUT2D eigenvalue weighted by atomic mass is 16.6. The lowest BCUT2D eigenvalue weighted by atomic mass is 10.1. The predicted octanol–water partition coefficient (Wildman–Crippen LogP) is 2.03. The summed E-state index contributed by atoms with van der Waals surface area (Å²) < 4.78 is 5.39. The van der Waals surface area contributed by atoms with Crippen molar-refractivity contribution in [2.75, 3.05) is 26.2 Å². The summed E-state index contributed by atoms with van der Waals surface area (Å²) in [5, 5.41) is 3.37. The van der Waals surface area contributed by atoms with Gasteiger partial charge in [-0.1, -0.05) is 6.92 Å². The minimum Gasteiger partial charge on any atom is -0.444 e. The molecular weight excluding hydrogens is 242 g/mol. The summed E-state index contributed by atoms with van der Waals surface area (Å²) in [6, 6.07) is 0. The molecule has 1 aliphatic heterocycles. The van der Waals surface area contributed by atoms with E-state index in [9.17, 15) is 4.79 Å². The topological polar surface area (TPSA) is 53.9 Å². The van der Waals surface area contributed by atoms with Crippen molar-refractivity contribution in [3.05, 3.63) is 0 Å². The van der Waals surface area contributed by atoms with Gasteiger partial charge in [-0.3, -0.25) is 9.89 Å². The van der Waals surface area contributed by atoms with Crippen LogP contribution in [0.5, 0.6) is 0 Å². The summed E-state index contributed by atoms with van der Waals surface area (Å²) in [5.41, 5.74) is -0.00251. The minimum atomic E-state index is -0.444. The molecule has 2 aliphatic rings. The first-order valence-corrected chi connectivity index (χ1v) is 7.03. The molecule has 0 aromatic carbocycles. The number of carbonyl (C=O) groups is 1. The van der Waals surface area contributed by atoms with Crippen LogP contribution < -0.4 is 5.32 Å². The molecule has 0 spiro atoms. The maximum absolute atomic E-state index is 12.0. The molecule has 5 heteroatoms. The predicted molar refractivity (Wildman–Crippen MR) is 75.5 cm³/mol. The molecule has 1 N–H and O–H groups in total. The average Bonchev–Trinajstić information content (AvgIpc) is 3.04. The number of aliphatic imine (C=N–C) groups is 1. The summed E-state index contributed by atoms with van der Waals surface area (Å²) in [6.45, 7) is 10.7. The maximum atomic E-state index is 12.0. The number of hydrogen-bond acceptors (Lipinski definition) is 4. The summed E-state index contributed by atoms with van der Waals surface area (Å²) in [5.74, 6) is 0.908. The van der Waals surface area contributed by atoms with Crippen molar-refractivity contribution >= 4 is 11.9 Å². The maximum Gasteiger partial charge on any atom is 0.410 e. The lowest BCUT2D eigenvalue weighted by Gasteiger charge is -2.30. The highest BCUT2D eigenvalue weighted by Crippen LogP contribution is 2.44. The number of amidine groups is 1. The molecule has 1 saturated carbocycles. The normalized spacial score (nSPS) is 21.7. The summed E-state index contributed by atoms with van der Waals surface area (Å²) in [7, 11) is 0. The molecule has 108 valence electrons. The van der Waals surface area contributed by atoms with Crippen LogP contribution in [0, 0.1) is 5.41 Å². The highest BCUT2D eigenvalue weighted by molar-refractivity contribution is 5.87. The van der Waals surface area contributed by atoms with Crippen molar-refractivity contribution in [2.45, 2.75) is 46.1 Å². The van der Waals surface area contributed by atoms with Gasteiger partial charge in [-0.2, -0.15) is 0 Å². The van der Waals surface area contributed by atoms with Crippen LogP contribution >= 0.6 is 0 Å². The van der Waals surface area contributed by atoms with Gasteiger partial charge >= 0.3 is 6.09 Å². The molecule has 1 heterocycles. The first-order chi connectivity index (χ1) is 8.77. The quantitative estimate of drug-likeness (QED) is 0.833. The molecule has 2 rings (SSSR count). The number of hydrogen-bond donors (Lipinski definition) is 1. The van der Waals surface area contributed by atoms with Crippen LogP contribution in [0.15, 0.2) is 4.99 Å². The molecule has 1 aliphatic carbocycles. The summed E-state index contributed by atoms with van der Waals surface area (Å²) in [4.78, 5) is 18.2. The van der Waals surface area contributed by atoms with Gasteiger partial charge in [0.05, 0.1) is 13.1 Å². The lowest BCUT2D eigenvalue weighted by molar-refractivity contribution is 0.0276. The Hall–Kier alpha value is -1.26. The zero-order valence-corrected chi connectivity index (χ0v) is 12.5. The zero-order chi connectivity index (χ0) is 14.1. The Morgan fingerprint density at radius 1 is 1.47 bits per heavy atom. The van der Waals surface area contributed by atoms with Gasteiger partial charge in [0.25, 0.3) is 0 Å². The van der Waals surface area contributed by atoms with Crippen molar-refractivity contribution in [3.8, 4) is 0 Å². The van der Waals surface area contributed by atoms with Crippen molar-refractivity contribution in [1.29, 1.82) is 0 Å². The fraction of sp³-hybridized carbons (Fsp3) is 0.857. The molecule has 0 atom stereocenters. The Labute approximate surface area is 115 Å². The van der Waals surface area contributed by atoms with Crippen LogP contribution in [-0.2, 0) is 4.74 Å². The van der Waals surface area contributed by atoms with Gasteiger partial charge < -0.3 is 10.1 Å². The van der Waals surface area contributed by atoms with Gasteiger partial charge in [-0.15, -0.1) is 0 Å². The molecule has 0 bridgehead atoms. The zero-order valence-electron chi connectivity index (χ0n) is 12.5. The van der Waals surface area contributed by atoms with E-state index in [1.165, 1.54) is 12.8 Å². The van der Waals surface area contributed by atoms with E-state index in [0.717, 1.165) is 12.4 Å². The molecule has 0 radical (unpaired) electrons. The van der Waals surface area contributed by atoms with Gasteiger partial charge in [0, 0.05) is 13.1 Å². The van der Waals surface area contributed by atoms with E-state index in [-0.39, 0.29) is 6.09 Å². The fourth-order valence-corrected chi connectivity index (χ4v) is 1.92. The second-order valence-electron chi connectivity index (χ2n) is 6.89. The Morgan fingerprint density at radius 2 is 2.16 bits per heavy atom. The lowest BCUT2D eigenvalue weighted by Crippen LogP contribution is -2.47. The summed E-state index contributed by atoms with van der Waals surface area (Å²) in [6.07, 6.45) is 2.31. The average molecular weight is 267 g/mol. The van der Waals surface area contributed by atoms with Gasteiger partial charge in [0.1, 0.15) is 11.4 Å². The van der Waals surface area contributed by atoms with Crippen LogP contribution in [0.25, 0.3) is 0 Å². The van der Waals surface area contributed by atoms with E-state index in [4.69, 9.17) is 4.74 Å². The molecule has 19 heavy (non-hydrogen) atoms. The number of carbonyl (C=O) groups excluding carboxylic acids is 1. The van der Waals surface area contributed by atoms with Crippen molar-refractivity contribution in [3.63, 3.8) is 0 Å². The van der Waals surface area contributed by atoms with Gasteiger partial charge in [-0.25, -0.2) is 4.79 Å². The van der Waals surface area contributed by atoms with Crippen LogP contribution in [0.1, 0.15) is 40.5 Å². The fourth-order valence-electron chi connectivity index (χ4n) is 1.92. The Balaban J connectivity index is 1.82. The second kappa shape index (κ2) is 5.02. The third-order valence-electron chi connectivity index (χ3n) is 3.49. The third-order valence-corrected chi connectivity index (χ3v) is 3.49. The van der Waals surface area contributed by atoms with E-state index in [1.807, 2.05) is 20.8 Å². The molecule has 1 fully saturated rings. The summed E-state index contributed by atoms with van der Waals surface area (Å²) >= 11 is 0. The first kappa shape index (κ1) is 14.2. The van der Waals surface area contributed by atoms with Crippen LogP contribution in [0.4, 0.5) is 4.79 Å². The van der Waals surface area contributed by atoms with Crippen molar-refractivity contribution < 1.29 is 9.53 Å². The largest absolute Gasteiger partial charge is 0.444 e.